The van der Waals surface area contributed by atoms with Crippen LogP contribution in [0.15, 0.2) is 84.9 Å². The fourth-order valence-electron chi connectivity index (χ4n) is 2.60. The molecule has 0 heterocycles. The first-order chi connectivity index (χ1) is 12.4. The molecule has 0 fully saturated rings. The summed E-state index contributed by atoms with van der Waals surface area (Å²) in [5.41, 5.74) is 0.831. The van der Waals surface area contributed by atoms with Gasteiger partial charge in [-0.25, -0.2) is 0 Å². The number of rotatable bonds is 4. The molecule has 0 aliphatic carbocycles. The van der Waals surface area contributed by atoms with Crippen LogP contribution in [0, 0.1) is 0 Å². The Morgan fingerprint density at radius 1 is 0.731 bits per heavy atom. The van der Waals surface area contributed by atoms with Gasteiger partial charge >= 0.3 is 6.18 Å². The molecule has 0 saturated carbocycles. The van der Waals surface area contributed by atoms with Gasteiger partial charge in [-0.3, -0.25) is 4.79 Å². The van der Waals surface area contributed by atoms with E-state index in [1.54, 1.807) is 48.5 Å². The SMILES string of the molecule is O=C(/C(=C/c1ccccc1)c1cccc(C(F)(F)F)c1)c1ccccc1. The van der Waals surface area contributed by atoms with E-state index in [2.05, 4.69) is 0 Å². The van der Waals surface area contributed by atoms with Gasteiger partial charge in [0.1, 0.15) is 0 Å². The Morgan fingerprint density at radius 2 is 1.31 bits per heavy atom. The zero-order chi connectivity index (χ0) is 18.6. The zero-order valence-corrected chi connectivity index (χ0v) is 13.7. The van der Waals surface area contributed by atoms with E-state index in [-0.39, 0.29) is 16.9 Å². The van der Waals surface area contributed by atoms with E-state index in [1.807, 2.05) is 18.2 Å². The quantitative estimate of drug-likeness (QED) is 0.314. The molecule has 26 heavy (non-hydrogen) atoms. The number of Topliss-reactive ketones (excluding diaryl/α,β-unsaturated/α-hetero) is 1. The minimum absolute atomic E-state index is 0.216. The summed E-state index contributed by atoms with van der Waals surface area (Å²) in [4.78, 5) is 13.0. The van der Waals surface area contributed by atoms with Crippen LogP contribution in [-0.4, -0.2) is 5.78 Å². The smallest absolute Gasteiger partial charge is 0.289 e. The fraction of sp³-hybridized carbons (Fsp3) is 0.0455. The van der Waals surface area contributed by atoms with Gasteiger partial charge in [-0.2, -0.15) is 13.2 Å². The van der Waals surface area contributed by atoms with Crippen LogP contribution in [0.2, 0.25) is 0 Å². The first kappa shape index (κ1) is 17.7. The molecule has 0 aromatic heterocycles. The molecule has 0 unspecified atom stereocenters. The number of hydrogen-bond acceptors (Lipinski definition) is 1. The molecule has 0 radical (unpaired) electrons. The second kappa shape index (κ2) is 7.40. The molecule has 0 aliphatic rings. The summed E-state index contributed by atoms with van der Waals surface area (Å²) in [6, 6.07) is 22.4. The van der Waals surface area contributed by atoms with Crippen molar-refractivity contribution in [3.63, 3.8) is 0 Å². The topological polar surface area (TPSA) is 17.1 Å². The van der Waals surface area contributed by atoms with Crippen molar-refractivity contribution in [1.29, 1.82) is 0 Å². The van der Waals surface area contributed by atoms with Crippen LogP contribution in [-0.2, 0) is 6.18 Å². The first-order valence-corrected chi connectivity index (χ1v) is 7.99. The maximum absolute atomic E-state index is 13.1. The summed E-state index contributed by atoms with van der Waals surface area (Å²) in [6.45, 7) is 0. The third-order valence-electron chi connectivity index (χ3n) is 3.89. The van der Waals surface area contributed by atoms with Gasteiger partial charge in [0.15, 0.2) is 5.78 Å². The molecule has 0 saturated heterocycles. The molecule has 130 valence electrons. The average molecular weight is 352 g/mol. The molecule has 1 nitrogen and oxygen atoms in total. The van der Waals surface area contributed by atoms with Crippen molar-refractivity contribution in [3.8, 4) is 0 Å². The number of carbonyl (C=O) groups is 1. The fourth-order valence-corrected chi connectivity index (χ4v) is 2.60. The standard InChI is InChI=1S/C22H15F3O/c23-22(24,25)19-13-7-12-18(15-19)20(14-16-8-3-1-4-9-16)21(26)17-10-5-2-6-11-17/h1-15H/b20-14+. The highest BCUT2D eigenvalue weighted by atomic mass is 19.4. The van der Waals surface area contributed by atoms with Gasteiger partial charge in [0.25, 0.3) is 0 Å². The van der Waals surface area contributed by atoms with E-state index in [1.165, 1.54) is 12.1 Å². The van der Waals surface area contributed by atoms with Crippen LogP contribution >= 0.6 is 0 Å². The van der Waals surface area contributed by atoms with Gasteiger partial charge in [-0.15, -0.1) is 0 Å². The molecule has 3 aromatic carbocycles. The number of allylic oxidation sites excluding steroid dienone is 1. The second-order valence-corrected chi connectivity index (χ2v) is 5.74. The van der Waals surface area contributed by atoms with E-state index in [4.69, 9.17) is 0 Å². The number of alkyl halides is 3. The number of benzene rings is 3. The molecule has 0 bridgehead atoms. The summed E-state index contributed by atoms with van der Waals surface area (Å²) in [6.07, 6.45) is -2.85. The first-order valence-electron chi connectivity index (χ1n) is 7.99. The summed E-state index contributed by atoms with van der Waals surface area (Å²) < 4.78 is 39.2. The van der Waals surface area contributed by atoms with Crippen LogP contribution in [0.5, 0.6) is 0 Å². The largest absolute Gasteiger partial charge is 0.416 e. The lowest BCUT2D eigenvalue weighted by Crippen LogP contribution is -2.07. The van der Waals surface area contributed by atoms with Crippen LogP contribution in [0.4, 0.5) is 13.2 Å². The predicted molar refractivity (Wildman–Crippen MR) is 96.5 cm³/mol. The van der Waals surface area contributed by atoms with Crippen molar-refractivity contribution in [1.82, 2.24) is 0 Å². The van der Waals surface area contributed by atoms with Crippen LogP contribution in [0.25, 0.3) is 11.6 Å². The molecular weight excluding hydrogens is 337 g/mol. The van der Waals surface area contributed by atoms with Crippen LogP contribution in [0.3, 0.4) is 0 Å². The van der Waals surface area contributed by atoms with E-state index in [0.717, 1.165) is 17.7 Å². The van der Waals surface area contributed by atoms with E-state index in [0.29, 0.717) is 5.56 Å². The zero-order valence-electron chi connectivity index (χ0n) is 13.7. The third kappa shape index (κ3) is 4.09. The normalized spacial score (nSPS) is 12.0. The summed E-state index contributed by atoms with van der Waals surface area (Å²) in [5, 5.41) is 0. The maximum atomic E-state index is 13.1. The highest BCUT2D eigenvalue weighted by Crippen LogP contribution is 2.32. The van der Waals surface area contributed by atoms with Gasteiger partial charge < -0.3 is 0 Å². The number of halogens is 3. The highest BCUT2D eigenvalue weighted by Gasteiger charge is 2.31. The third-order valence-corrected chi connectivity index (χ3v) is 3.89. The van der Waals surface area contributed by atoms with Gasteiger partial charge in [0, 0.05) is 11.1 Å². The number of hydrogen-bond donors (Lipinski definition) is 0. The Balaban J connectivity index is 2.13. The summed E-state index contributed by atoms with van der Waals surface area (Å²) in [7, 11) is 0. The highest BCUT2D eigenvalue weighted by molar-refractivity contribution is 6.32. The Bertz CT molecular complexity index is 926. The average Bonchev–Trinajstić information content (AvgIpc) is 2.66. The van der Waals surface area contributed by atoms with E-state index >= 15 is 0 Å². The minimum Gasteiger partial charge on any atom is -0.289 e. The van der Waals surface area contributed by atoms with Crippen molar-refractivity contribution >= 4 is 17.4 Å². The van der Waals surface area contributed by atoms with Gasteiger partial charge in [-0.05, 0) is 29.3 Å². The molecule has 0 aliphatic heterocycles. The molecule has 0 N–H and O–H groups in total. The Hall–Kier alpha value is -3.14. The lowest BCUT2D eigenvalue weighted by molar-refractivity contribution is -0.137. The summed E-state index contributed by atoms with van der Waals surface area (Å²) >= 11 is 0. The van der Waals surface area contributed by atoms with Crippen molar-refractivity contribution in [2.75, 3.05) is 0 Å². The molecular formula is C22H15F3O. The monoisotopic (exact) mass is 352 g/mol. The van der Waals surface area contributed by atoms with Crippen molar-refractivity contribution < 1.29 is 18.0 Å². The van der Waals surface area contributed by atoms with Crippen molar-refractivity contribution in [2.45, 2.75) is 6.18 Å². The number of carbonyl (C=O) groups excluding carboxylic acids is 1. The molecule has 3 rings (SSSR count). The second-order valence-electron chi connectivity index (χ2n) is 5.74. The minimum atomic E-state index is -4.47. The summed E-state index contributed by atoms with van der Waals surface area (Å²) in [5.74, 6) is -0.325. The molecule has 0 amide bonds. The van der Waals surface area contributed by atoms with Crippen LogP contribution in [0.1, 0.15) is 27.0 Å². The van der Waals surface area contributed by atoms with Crippen LogP contribution < -0.4 is 0 Å². The van der Waals surface area contributed by atoms with Gasteiger partial charge in [0.2, 0.25) is 0 Å². The maximum Gasteiger partial charge on any atom is 0.416 e. The Labute approximate surface area is 149 Å². The number of ketones is 1. The van der Waals surface area contributed by atoms with E-state index < -0.39 is 11.7 Å². The lowest BCUT2D eigenvalue weighted by atomic mass is 9.93. The lowest BCUT2D eigenvalue weighted by Gasteiger charge is -2.12. The molecule has 3 aromatic rings. The van der Waals surface area contributed by atoms with E-state index in [9.17, 15) is 18.0 Å². The van der Waals surface area contributed by atoms with Crippen molar-refractivity contribution in [3.05, 3.63) is 107 Å². The Kier molecular flexibility index (Phi) is 5.03. The molecule has 0 spiro atoms. The van der Waals surface area contributed by atoms with Gasteiger partial charge in [-0.1, -0.05) is 72.8 Å². The van der Waals surface area contributed by atoms with Crippen molar-refractivity contribution in [2.24, 2.45) is 0 Å². The Morgan fingerprint density at radius 3 is 1.92 bits per heavy atom. The molecule has 4 heteroatoms. The predicted octanol–water partition coefficient (Wildman–Crippen LogP) is 6.13. The van der Waals surface area contributed by atoms with Gasteiger partial charge in [0.05, 0.1) is 5.56 Å². The molecule has 0 atom stereocenters.